The normalized spacial score (nSPS) is 16.4. The number of ether oxygens (including phenoxy) is 3. The van der Waals surface area contributed by atoms with Crippen LogP contribution in [0.2, 0.25) is 0 Å². The molecule has 0 saturated carbocycles. The number of unbranched alkanes of at least 4 members (excludes halogenated alkanes) is 1. The van der Waals surface area contributed by atoms with Crippen LogP contribution in [0.1, 0.15) is 40.0 Å². The number of aliphatic hydroxyl groups excluding tert-OH is 1. The third-order valence-electron chi connectivity index (χ3n) is 3.74. The van der Waals surface area contributed by atoms with Crippen molar-refractivity contribution >= 4 is 0 Å². The summed E-state index contributed by atoms with van der Waals surface area (Å²) in [4.78, 5) is 0. The van der Waals surface area contributed by atoms with Crippen LogP contribution in [-0.2, 0) is 6.42 Å². The van der Waals surface area contributed by atoms with E-state index in [0.29, 0.717) is 25.0 Å². The summed E-state index contributed by atoms with van der Waals surface area (Å²) in [5.74, 6) is 0.394. The first-order valence-corrected chi connectivity index (χ1v) is 8.18. The van der Waals surface area contributed by atoms with E-state index < -0.39 is 13.1 Å². The highest BCUT2D eigenvalue weighted by atomic mass is 16.5. The van der Waals surface area contributed by atoms with Gasteiger partial charge in [-0.05, 0) is 61.5 Å². The fraction of sp³-hybridized carbons (Fsp3) is 0.429. The van der Waals surface area contributed by atoms with Gasteiger partial charge in [-0.3, -0.25) is 0 Å². The van der Waals surface area contributed by atoms with Crippen molar-refractivity contribution in [2.45, 2.75) is 38.7 Å². The van der Waals surface area contributed by atoms with Crippen LogP contribution >= 0.6 is 0 Å². The number of benzene rings is 2. The lowest BCUT2D eigenvalue weighted by atomic mass is 10.0. The molecule has 2 aromatic carbocycles. The summed E-state index contributed by atoms with van der Waals surface area (Å²) < 4.78 is 68.7. The van der Waals surface area contributed by atoms with E-state index in [2.05, 4.69) is 0 Å². The Morgan fingerprint density at radius 3 is 2.88 bits per heavy atom. The first-order valence-electron chi connectivity index (χ1n) is 11.7. The maximum absolute atomic E-state index is 10.2. The van der Waals surface area contributed by atoms with Crippen LogP contribution in [-0.4, -0.2) is 32.0 Å². The van der Waals surface area contributed by atoms with Gasteiger partial charge < -0.3 is 19.3 Å². The SMILES string of the molecule is [2H]c1c([2H])c(C)c([2H])c(OCC(O)CCCCc2ccc(OC)c(OC([2H])([2H])[2H])c2)c1[2H]. The summed E-state index contributed by atoms with van der Waals surface area (Å²) in [7, 11) is -1.14. The minimum absolute atomic E-state index is 0.0948. The Bertz CT molecular complexity index is 902. The van der Waals surface area contributed by atoms with Crippen molar-refractivity contribution < 1.29 is 28.9 Å². The Kier molecular flexibility index (Phi) is 4.54. The van der Waals surface area contributed by atoms with Crippen molar-refractivity contribution in [3.8, 4) is 17.2 Å². The molecule has 0 heterocycles. The van der Waals surface area contributed by atoms with Crippen LogP contribution < -0.4 is 14.2 Å². The van der Waals surface area contributed by atoms with Crippen LogP contribution in [0.5, 0.6) is 17.2 Å². The summed E-state index contributed by atoms with van der Waals surface area (Å²) >= 11 is 0. The summed E-state index contributed by atoms with van der Waals surface area (Å²) in [5, 5.41) is 10.2. The molecule has 0 bridgehead atoms. The maximum atomic E-state index is 10.2. The zero-order chi connectivity index (χ0) is 24.1. The standard InChI is InChI=1S/C21H28O4/c1-16-7-6-10-19(13-16)25-15-18(22)9-5-4-8-17-11-12-20(23-2)21(14-17)24-3/h6-7,10-14,18,22H,4-5,8-9,15H2,1-3H3/i3D3,6D,7D,10D,13D. The van der Waals surface area contributed by atoms with E-state index >= 15 is 0 Å². The van der Waals surface area contributed by atoms with Gasteiger partial charge in [0.15, 0.2) is 11.5 Å². The van der Waals surface area contributed by atoms with E-state index in [9.17, 15) is 5.11 Å². The van der Waals surface area contributed by atoms with Gasteiger partial charge in [-0.1, -0.05) is 24.6 Å². The molecule has 1 atom stereocenters. The predicted octanol–water partition coefficient (Wildman–Crippen LogP) is 4.16. The highest BCUT2D eigenvalue weighted by Crippen LogP contribution is 2.28. The minimum Gasteiger partial charge on any atom is -0.493 e. The molecule has 136 valence electrons. The van der Waals surface area contributed by atoms with E-state index in [-0.39, 0.29) is 47.8 Å². The van der Waals surface area contributed by atoms with Gasteiger partial charge >= 0.3 is 0 Å². The average Bonchev–Trinajstić information content (AvgIpc) is 2.73. The summed E-state index contributed by atoms with van der Waals surface area (Å²) in [6.07, 6.45) is 1.66. The molecule has 25 heavy (non-hydrogen) atoms. The van der Waals surface area contributed by atoms with Crippen LogP contribution in [0.3, 0.4) is 0 Å². The summed E-state index contributed by atoms with van der Waals surface area (Å²) in [5.41, 5.74) is 1.14. The molecule has 0 radical (unpaired) electrons. The van der Waals surface area contributed by atoms with E-state index in [1.807, 2.05) is 6.07 Å². The monoisotopic (exact) mass is 351 g/mol. The van der Waals surface area contributed by atoms with Crippen molar-refractivity contribution in [2.75, 3.05) is 20.8 Å². The quantitative estimate of drug-likeness (QED) is 0.653. The maximum Gasteiger partial charge on any atom is 0.160 e. The Morgan fingerprint density at radius 1 is 1.20 bits per heavy atom. The van der Waals surface area contributed by atoms with Crippen molar-refractivity contribution in [1.29, 1.82) is 0 Å². The molecule has 0 aliphatic carbocycles. The molecular weight excluding hydrogens is 316 g/mol. The zero-order valence-electron chi connectivity index (χ0n) is 21.5. The topological polar surface area (TPSA) is 47.9 Å². The second-order valence-corrected chi connectivity index (χ2v) is 5.75. The highest BCUT2D eigenvalue weighted by molar-refractivity contribution is 5.42. The largest absolute Gasteiger partial charge is 0.493 e. The fourth-order valence-corrected chi connectivity index (χ4v) is 2.42. The number of rotatable bonds is 10. The molecule has 2 rings (SSSR count). The molecule has 0 aliphatic rings. The van der Waals surface area contributed by atoms with E-state index in [1.54, 1.807) is 12.1 Å². The van der Waals surface area contributed by atoms with Gasteiger partial charge in [-0.15, -0.1) is 0 Å². The van der Waals surface area contributed by atoms with E-state index in [1.165, 1.54) is 14.0 Å². The number of methoxy groups -OCH3 is 2. The molecule has 0 amide bonds. The van der Waals surface area contributed by atoms with Crippen molar-refractivity contribution in [3.05, 3.63) is 53.5 Å². The lowest BCUT2D eigenvalue weighted by Crippen LogP contribution is -2.17. The smallest absolute Gasteiger partial charge is 0.160 e. The van der Waals surface area contributed by atoms with Crippen molar-refractivity contribution in [2.24, 2.45) is 0 Å². The van der Waals surface area contributed by atoms with Crippen molar-refractivity contribution in [3.63, 3.8) is 0 Å². The fourth-order valence-electron chi connectivity index (χ4n) is 2.42. The third-order valence-corrected chi connectivity index (χ3v) is 3.74. The molecule has 0 spiro atoms. The van der Waals surface area contributed by atoms with Gasteiger partial charge in [-0.25, -0.2) is 0 Å². The van der Waals surface area contributed by atoms with E-state index in [0.717, 1.165) is 12.0 Å². The summed E-state index contributed by atoms with van der Waals surface area (Å²) in [6.45, 7) is 1.41. The number of hydrogen-bond acceptors (Lipinski definition) is 4. The third kappa shape index (κ3) is 6.31. The molecular formula is C21H28O4. The molecule has 0 fully saturated rings. The Labute approximate surface area is 160 Å². The Balaban J connectivity index is 1.86. The van der Waals surface area contributed by atoms with Gasteiger partial charge in [0.25, 0.3) is 0 Å². The Morgan fingerprint density at radius 2 is 2.08 bits per heavy atom. The van der Waals surface area contributed by atoms with Crippen molar-refractivity contribution in [1.82, 2.24) is 0 Å². The molecule has 2 aromatic rings. The lowest BCUT2D eigenvalue weighted by molar-refractivity contribution is 0.0976. The molecule has 1 N–H and O–H groups in total. The molecule has 0 aromatic heterocycles. The first-order chi connectivity index (χ1) is 14.9. The first kappa shape index (κ1) is 11.4. The molecule has 1 unspecified atom stereocenters. The van der Waals surface area contributed by atoms with Gasteiger partial charge in [0.2, 0.25) is 0 Å². The number of aryl methyl sites for hydroxylation is 1. The van der Waals surface area contributed by atoms with E-state index in [4.69, 9.17) is 23.8 Å². The lowest BCUT2D eigenvalue weighted by Gasteiger charge is -2.13. The molecule has 4 heteroatoms. The van der Waals surface area contributed by atoms with Crippen LogP contribution in [0.4, 0.5) is 0 Å². The number of hydrogen-bond donors (Lipinski definition) is 1. The minimum atomic E-state index is -2.58. The van der Waals surface area contributed by atoms with Crippen LogP contribution in [0, 0.1) is 6.92 Å². The predicted molar refractivity (Wildman–Crippen MR) is 99.8 cm³/mol. The second kappa shape index (κ2) is 9.94. The second-order valence-electron chi connectivity index (χ2n) is 5.75. The van der Waals surface area contributed by atoms with Gasteiger partial charge in [0.05, 0.1) is 29.8 Å². The highest BCUT2D eigenvalue weighted by Gasteiger charge is 2.07. The zero-order valence-corrected chi connectivity index (χ0v) is 14.5. The summed E-state index contributed by atoms with van der Waals surface area (Å²) in [6, 6.07) is 4.20. The molecule has 0 aliphatic heterocycles. The van der Waals surface area contributed by atoms with Gasteiger partial charge in [0.1, 0.15) is 12.4 Å². The average molecular weight is 351 g/mol. The van der Waals surface area contributed by atoms with Gasteiger partial charge in [-0.2, -0.15) is 0 Å². The Hall–Kier alpha value is -2.20. The molecule has 0 saturated heterocycles. The van der Waals surface area contributed by atoms with Crippen LogP contribution in [0.15, 0.2) is 42.4 Å². The van der Waals surface area contributed by atoms with Gasteiger partial charge in [0, 0.05) is 0 Å². The van der Waals surface area contributed by atoms with Crippen LogP contribution in [0.25, 0.3) is 0 Å². The number of aliphatic hydroxyl groups is 1. The molecule has 4 nitrogen and oxygen atoms in total.